The molecule has 2 aliphatic heterocycles. The Morgan fingerprint density at radius 3 is 2.77 bits per heavy atom. The summed E-state index contributed by atoms with van der Waals surface area (Å²) in [5.74, 6) is -0.378. The number of carbonyl (C=O) groups is 3. The number of rotatable bonds is 6. The van der Waals surface area contributed by atoms with Gasteiger partial charge in [-0.25, -0.2) is 0 Å². The molecule has 1 saturated heterocycles. The van der Waals surface area contributed by atoms with Gasteiger partial charge in [0.25, 0.3) is 17.7 Å². The minimum Gasteiger partial charge on any atom is -0.479 e. The lowest BCUT2D eigenvalue weighted by Gasteiger charge is -2.29. The van der Waals surface area contributed by atoms with Crippen molar-refractivity contribution in [3.05, 3.63) is 39.9 Å². The predicted octanol–water partition coefficient (Wildman–Crippen LogP) is 2.25. The van der Waals surface area contributed by atoms with Gasteiger partial charge in [-0.1, -0.05) is 16.7 Å². The van der Waals surface area contributed by atoms with Gasteiger partial charge in [0.15, 0.2) is 0 Å². The molecule has 6 rings (SSSR count). The molecule has 0 radical (unpaired) electrons. The summed E-state index contributed by atoms with van der Waals surface area (Å²) in [4.78, 5) is 38.5. The second kappa shape index (κ2) is 7.80. The first-order chi connectivity index (χ1) is 16.9. The summed E-state index contributed by atoms with van der Waals surface area (Å²) in [6.45, 7) is 0.216. The van der Waals surface area contributed by atoms with Gasteiger partial charge in [0.2, 0.25) is 17.6 Å². The van der Waals surface area contributed by atoms with E-state index in [9.17, 15) is 14.4 Å². The fourth-order valence-corrected chi connectivity index (χ4v) is 4.82. The predicted molar refractivity (Wildman–Crippen MR) is 118 cm³/mol. The number of imide groups is 1. The summed E-state index contributed by atoms with van der Waals surface area (Å²) in [6.07, 6.45) is 2.01. The van der Waals surface area contributed by atoms with Crippen LogP contribution in [-0.2, 0) is 21.7 Å². The van der Waals surface area contributed by atoms with E-state index in [0.29, 0.717) is 16.1 Å². The summed E-state index contributed by atoms with van der Waals surface area (Å²) in [7, 11) is 1.47. The maximum absolute atomic E-state index is 13.2. The molecule has 2 aromatic heterocycles. The minimum absolute atomic E-state index is 0.140. The van der Waals surface area contributed by atoms with Crippen molar-refractivity contribution in [1.29, 1.82) is 0 Å². The lowest BCUT2D eigenvalue weighted by molar-refractivity contribution is -0.136. The molecular weight excluding hydrogens is 480 g/mol. The number of fused-ring (bicyclic) bond motifs is 1. The van der Waals surface area contributed by atoms with Crippen LogP contribution in [-0.4, -0.2) is 51.1 Å². The quantitative estimate of drug-likeness (QED) is 0.484. The van der Waals surface area contributed by atoms with E-state index in [1.807, 2.05) is 6.07 Å². The van der Waals surface area contributed by atoms with Crippen molar-refractivity contribution in [3.8, 4) is 17.5 Å². The Morgan fingerprint density at radius 1 is 1.23 bits per heavy atom. The van der Waals surface area contributed by atoms with E-state index in [4.69, 9.17) is 25.3 Å². The Balaban J connectivity index is 1.24. The van der Waals surface area contributed by atoms with Crippen molar-refractivity contribution in [3.63, 3.8) is 0 Å². The molecule has 1 aromatic carbocycles. The Hall–Kier alpha value is -3.93. The number of nitrogens with zero attached hydrogens (tertiary/aromatic N) is 4. The van der Waals surface area contributed by atoms with E-state index in [1.54, 1.807) is 6.07 Å². The molecule has 1 unspecified atom stereocenters. The molecule has 1 aliphatic carbocycles. The first-order valence-corrected chi connectivity index (χ1v) is 11.3. The van der Waals surface area contributed by atoms with Crippen LogP contribution in [0, 0.1) is 0 Å². The summed E-state index contributed by atoms with van der Waals surface area (Å²) >= 11 is 6.60. The third kappa shape index (κ3) is 3.60. The average molecular weight is 499 g/mol. The van der Waals surface area contributed by atoms with E-state index in [0.717, 1.165) is 18.4 Å². The fourth-order valence-electron chi connectivity index (χ4n) is 4.54. The minimum atomic E-state index is -0.702. The number of methoxy groups -OCH3 is 1. The number of halogens is 1. The maximum Gasteiger partial charge on any atom is 0.316 e. The van der Waals surface area contributed by atoms with Crippen LogP contribution < -0.4 is 15.4 Å². The van der Waals surface area contributed by atoms with Gasteiger partial charge in [-0.2, -0.15) is 0 Å². The molecule has 2 fully saturated rings. The Labute approximate surface area is 202 Å². The van der Waals surface area contributed by atoms with E-state index < -0.39 is 17.5 Å². The number of ether oxygens (including phenoxy) is 1. The summed E-state index contributed by atoms with van der Waals surface area (Å²) in [5.41, 5.74) is 1.40. The van der Waals surface area contributed by atoms with Crippen LogP contribution in [0.3, 0.4) is 0 Å². The first kappa shape index (κ1) is 21.6. The van der Waals surface area contributed by atoms with Gasteiger partial charge in [0.1, 0.15) is 6.04 Å². The molecule has 180 valence electrons. The van der Waals surface area contributed by atoms with Crippen LogP contribution in [0.1, 0.15) is 47.2 Å². The first-order valence-electron chi connectivity index (χ1n) is 11.0. The normalized spacial score (nSPS) is 20.6. The highest BCUT2D eigenvalue weighted by atomic mass is 35.5. The van der Waals surface area contributed by atoms with E-state index in [1.165, 1.54) is 18.1 Å². The van der Waals surface area contributed by atoms with Crippen molar-refractivity contribution in [2.45, 2.75) is 43.8 Å². The standard InChI is InChI=1S/C22H19ClN6O6/c1-33-17-8-15(35-28-17)19-26-27-21(34-19)25-22(4-5-22)10-6-11-12(13(23)7-10)9-29(20(11)32)14-2-3-16(30)24-18(14)31/h6-8,14H,2-5,9H2,1H3,(H,25,27)(H,24,30,31). The van der Waals surface area contributed by atoms with Gasteiger partial charge in [-0.05, 0) is 42.1 Å². The zero-order chi connectivity index (χ0) is 24.3. The third-order valence-electron chi connectivity index (χ3n) is 6.58. The Kier molecular flexibility index (Phi) is 4.81. The van der Waals surface area contributed by atoms with Gasteiger partial charge in [0, 0.05) is 29.1 Å². The molecular formula is C22H19ClN6O6. The van der Waals surface area contributed by atoms with Crippen molar-refractivity contribution >= 4 is 35.3 Å². The van der Waals surface area contributed by atoms with Crippen LogP contribution in [0.25, 0.3) is 11.7 Å². The van der Waals surface area contributed by atoms with Crippen LogP contribution in [0.2, 0.25) is 5.02 Å². The number of hydrogen-bond acceptors (Lipinski definition) is 10. The van der Waals surface area contributed by atoms with E-state index >= 15 is 0 Å². The zero-order valence-electron chi connectivity index (χ0n) is 18.5. The van der Waals surface area contributed by atoms with Crippen molar-refractivity contribution in [2.75, 3.05) is 12.4 Å². The summed E-state index contributed by atoms with van der Waals surface area (Å²) in [6, 6.07) is 4.63. The van der Waals surface area contributed by atoms with Gasteiger partial charge in [-0.3, -0.25) is 19.7 Å². The molecule has 13 heteroatoms. The summed E-state index contributed by atoms with van der Waals surface area (Å²) < 4.78 is 15.8. The van der Waals surface area contributed by atoms with Gasteiger partial charge < -0.3 is 23.9 Å². The second-order valence-corrected chi connectivity index (χ2v) is 9.14. The number of carbonyl (C=O) groups excluding carboxylic acids is 3. The Bertz CT molecular complexity index is 1380. The molecule has 3 amide bonds. The lowest BCUT2D eigenvalue weighted by Crippen LogP contribution is -2.52. The monoisotopic (exact) mass is 498 g/mol. The average Bonchev–Trinajstić information content (AvgIpc) is 3.15. The van der Waals surface area contributed by atoms with Crippen LogP contribution in [0.15, 0.2) is 27.1 Å². The molecule has 0 spiro atoms. The molecule has 1 atom stereocenters. The lowest BCUT2D eigenvalue weighted by atomic mass is 9.99. The van der Waals surface area contributed by atoms with Crippen LogP contribution in [0.5, 0.6) is 5.88 Å². The molecule has 1 saturated carbocycles. The van der Waals surface area contributed by atoms with E-state index in [2.05, 4.69) is 26.0 Å². The highest BCUT2D eigenvalue weighted by Gasteiger charge is 2.48. The number of aromatic nitrogens is 3. The zero-order valence-corrected chi connectivity index (χ0v) is 19.2. The number of benzene rings is 1. The van der Waals surface area contributed by atoms with E-state index in [-0.39, 0.29) is 54.7 Å². The SMILES string of the molecule is COc1cc(-c2nnc(NC3(c4cc(Cl)c5c(c4)C(=O)N(C4CCC(=O)NC4=O)C5)CC3)o2)on1. The largest absolute Gasteiger partial charge is 0.479 e. The molecule has 2 N–H and O–H groups in total. The van der Waals surface area contributed by atoms with Gasteiger partial charge in [0.05, 0.1) is 18.7 Å². The van der Waals surface area contributed by atoms with Crippen LogP contribution in [0.4, 0.5) is 6.01 Å². The molecule has 35 heavy (non-hydrogen) atoms. The van der Waals surface area contributed by atoms with Crippen molar-refractivity contribution < 1.29 is 28.1 Å². The second-order valence-electron chi connectivity index (χ2n) is 8.74. The number of amides is 3. The van der Waals surface area contributed by atoms with Gasteiger partial charge >= 0.3 is 6.01 Å². The Morgan fingerprint density at radius 2 is 2.06 bits per heavy atom. The third-order valence-corrected chi connectivity index (χ3v) is 6.92. The number of hydrogen-bond donors (Lipinski definition) is 2. The van der Waals surface area contributed by atoms with Crippen molar-refractivity contribution in [1.82, 2.24) is 25.6 Å². The molecule has 4 heterocycles. The highest BCUT2D eigenvalue weighted by molar-refractivity contribution is 6.32. The van der Waals surface area contributed by atoms with Crippen LogP contribution >= 0.6 is 11.6 Å². The molecule has 0 bridgehead atoms. The topological polar surface area (TPSA) is 153 Å². The number of anilines is 1. The molecule has 3 aromatic rings. The number of piperidine rings is 1. The smallest absolute Gasteiger partial charge is 0.316 e. The molecule has 12 nitrogen and oxygen atoms in total. The van der Waals surface area contributed by atoms with Crippen molar-refractivity contribution in [2.24, 2.45) is 0 Å². The summed E-state index contributed by atoms with van der Waals surface area (Å²) in [5, 5.41) is 17.7. The highest BCUT2D eigenvalue weighted by Crippen LogP contribution is 2.50. The number of nitrogens with one attached hydrogen (secondary N) is 2. The maximum atomic E-state index is 13.2. The fraction of sp³-hybridized carbons (Fsp3) is 0.364. The van der Waals surface area contributed by atoms with Gasteiger partial charge in [-0.15, -0.1) is 5.10 Å². The molecule has 3 aliphatic rings.